The number of hydrogen-bond acceptors (Lipinski definition) is 2. The summed E-state index contributed by atoms with van der Waals surface area (Å²) in [7, 11) is 0. The molecule has 1 aromatic heterocycles. The van der Waals surface area contributed by atoms with E-state index in [1.54, 1.807) is 6.20 Å². The fourth-order valence-corrected chi connectivity index (χ4v) is 2.73. The van der Waals surface area contributed by atoms with Gasteiger partial charge in [0.05, 0.1) is 6.10 Å². The van der Waals surface area contributed by atoms with Gasteiger partial charge in [0.15, 0.2) is 0 Å². The maximum absolute atomic E-state index is 10.2. The van der Waals surface area contributed by atoms with Crippen molar-refractivity contribution in [2.45, 2.75) is 12.5 Å². The Kier molecular flexibility index (Phi) is 4.95. The van der Waals surface area contributed by atoms with Gasteiger partial charge in [0.1, 0.15) is 0 Å². The maximum Gasteiger partial charge on any atom is 0.0856 e. The fourth-order valence-electron chi connectivity index (χ4n) is 1.61. The number of benzene rings is 1. The molecular formula is C13H10Br3NO. The van der Waals surface area contributed by atoms with Gasteiger partial charge in [-0.1, -0.05) is 31.9 Å². The zero-order valence-corrected chi connectivity index (χ0v) is 14.0. The van der Waals surface area contributed by atoms with Crippen LogP contribution in [0.1, 0.15) is 17.4 Å². The van der Waals surface area contributed by atoms with Gasteiger partial charge in [-0.2, -0.15) is 0 Å². The molecule has 1 aromatic carbocycles. The molecule has 0 aliphatic heterocycles. The molecule has 1 N–H and O–H groups in total. The van der Waals surface area contributed by atoms with Crippen LogP contribution in [0.15, 0.2) is 49.9 Å². The van der Waals surface area contributed by atoms with E-state index >= 15 is 0 Å². The summed E-state index contributed by atoms with van der Waals surface area (Å²) in [5, 5.41) is 10.2. The molecule has 0 aliphatic carbocycles. The topological polar surface area (TPSA) is 33.1 Å². The van der Waals surface area contributed by atoms with Crippen molar-refractivity contribution in [2.24, 2.45) is 0 Å². The van der Waals surface area contributed by atoms with Gasteiger partial charge >= 0.3 is 0 Å². The summed E-state index contributed by atoms with van der Waals surface area (Å²) in [5.41, 5.74) is 1.71. The first-order valence-corrected chi connectivity index (χ1v) is 7.67. The summed E-state index contributed by atoms with van der Waals surface area (Å²) in [6.07, 6.45) is 1.64. The highest BCUT2D eigenvalue weighted by Crippen LogP contribution is 2.28. The van der Waals surface area contributed by atoms with Gasteiger partial charge in [0.2, 0.25) is 0 Å². The average molecular weight is 436 g/mol. The second kappa shape index (κ2) is 6.28. The van der Waals surface area contributed by atoms with Gasteiger partial charge in [0.25, 0.3) is 0 Å². The molecular weight excluding hydrogens is 426 g/mol. The van der Waals surface area contributed by atoms with E-state index in [0.29, 0.717) is 6.42 Å². The minimum absolute atomic E-state index is 0.488. The van der Waals surface area contributed by atoms with Crippen LogP contribution in [-0.2, 0) is 6.42 Å². The predicted octanol–water partition coefficient (Wildman–Crippen LogP) is 4.65. The molecule has 0 fully saturated rings. The van der Waals surface area contributed by atoms with E-state index < -0.39 is 6.10 Å². The molecule has 1 atom stereocenters. The first kappa shape index (κ1) is 14.2. The van der Waals surface area contributed by atoms with Gasteiger partial charge in [-0.05, 0) is 51.8 Å². The van der Waals surface area contributed by atoms with E-state index in [1.165, 1.54) is 0 Å². The highest BCUT2D eigenvalue weighted by atomic mass is 79.9. The molecule has 18 heavy (non-hydrogen) atoms. The lowest BCUT2D eigenvalue weighted by Gasteiger charge is -2.13. The minimum Gasteiger partial charge on any atom is -0.388 e. The quantitative estimate of drug-likeness (QED) is 0.761. The normalized spacial score (nSPS) is 12.4. The molecule has 0 saturated carbocycles. The zero-order chi connectivity index (χ0) is 13.1. The van der Waals surface area contributed by atoms with Crippen LogP contribution in [0.3, 0.4) is 0 Å². The lowest BCUT2D eigenvalue weighted by atomic mass is 10.0. The van der Waals surface area contributed by atoms with Crippen molar-refractivity contribution in [2.75, 3.05) is 0 Å². The summed E-state index contributed by atoms with van der Waals surface area (Å²) >= 11 is 10.2. The Hall–Kier alpha value is -0.230. The van der Waals surface area contributed by atoms with Crippen LogP contribution in [0, 0.1) is 0 Å². The second-order valence-corrected chi connectivity index (χ2v) is 6.54. The van der Waals surface area contributed by atoms with Gasteiger partial charge in [-0.15, -0.1) is 0 Å². The lowest BCUT2D eigenvalue weighted by molar-refractivity contribution is 0.176. The minimum atomic E-state index is -0.578. The van der Waals surface area contributed by atoms with E-state index in [9.17, 15) is 5.11 Å². The lowest BCUT2D eigenvalue weighted by Crippen LogP contribution is -2.04. The molecule has 2 aromatic rings. The predicted molar refractivity (Wildman–Crippen MR) is 82.4 cm³/mol. The van der Waals surface area contributed by atoms with Gasteiger partial charge in [-0.25, -0.2) is 0 Å². The molecule has 0 radical (unpaired) electrons. The number of hydrogen-bond donors (Lipinski definition) is 1. The van der Waals surface area contributed by atoms with Gasteiger partial charge < -0.3 is 5.11 Å². The fraction of sp³-hybridized carbons (Fsp3) is 0.154. The molecule has 0 amide bonds. The summed E-state index contributed by atoms with van der Waals surface area (Å²) in [5.74, 6) is 0. The van der Waals surface area contributed by atoms with E-state index in [0.717, 1.165) is 24.7 Å². The van der Waals surface area contributed by atoms with Crippen LogP contribution in [0.5, 0.6) is 0 Å². The van der Waals surface area contributed by atoms with Gasteiger partial charge in [0, 0.05) is 31.7 Å². The van der Waals surface area contributed by atoms with Crippen molar-refractivity contribution < 1.29 is 5.11 Å². The maximum atomic E-state index is 10.2. The van der Waals surface area contributed by atoms with Crippen molar-refractivity contribution in [3.8, 4) is 0 Å². The first-order chi connectivity index (χ1) is 8.56. The summed E-state index contributed by atoms with van der Waals surface area (Å²) in [4.78, 5) is 4.26. The third kappa shape index (κ3) is 3.63. The largest absolute Gasteiger partial charge is 0.388 e. The third-order valence-electron chi connectivity index (χ3n) is 2.51. The highest BCUT2D eigenvalue weighted by Gasteiger charge is 2.13. The number of halogens is 3. The van der Waals surface area contributed by atoms with Gasteiger partial charge in [-0.3, -0.25) is 4.98 Å². The molecule has 0 spiro atoms. The number of aromatic nitrogens is 1. The summed E-state index contributed by atoms with van der Waals surface area (Å²) < 4.78 is 2.78. The molecule has 2 rings (SSSR count). The highest BCUT2D eigenvalue weighted by molar-refractivity contribution is 9.11. The third-order valence-corrected chi connectivity index (χ3v) is 4.19. The molecule has 0 aliphatic rings. The molecule has 5 heteroatoms. The van der Waals surface area contributed by atoms with Crippen LogP contribution >= 0.6 is 47.8 Å². The second-order valence-electron chi connectivity index (χ2n) is 3.85. The van der Waals surface area contributed by atoms with Crippen LogP contribution < -0.4 is 0 Å². The molecule has 1 heterocycles. The Balaban J connectivity index is 2.18. The van der Waals surface area contributed by atoms with E-state index in [1.807, 2.05) is 30.3 Å². The Bertz CT molecular complexity index is 542. The van der Waals surface area contributed by atoms with Crippen LogP contribution in [-0.4, -0.2) is 10.1 Å². The van der Waals surface area contributed by atoms with Crippen LogP contribution in [0.4, 0.5) is 0 Å². The molecule has 2 nitrogen and oxygen atoms in total. The first-order valence-electron chi connectivity index (χ1n) is 5.29. The summed E-state index contributed by atoms with van der Waals surface area (Å²) in [6, 6.07) is 9.58. The number of pyridine rings is 1. The van der Waals surface area contributed by atoms with Crippen molar-refractivity contribution in [1.82, 2.24) is 4.98 Å². The number of nitrogens with zero attached hydrogens (tertiary/aromatic N) is 1. The summed E-state index contributed by atoms with van der Waals surface area (Å²) in [6.45, 7) is 0. The van der Waals surface area contributed by atoms with E-state index in [2.05, 4.69) is 52.8 Å². The zero-order valence-electron chi connectivity index (χ0n) is 9.28. The molecule has 1 unspecified atom stereocenters. The number of aliphatic hydroxyl groups is 1. The van der Waals surface area contributed by atoms with Crippen molar-refractivity contribution in [1.29, 1.82) is 0 Å². The molecule has 0 bridgehead atoms. The monoisotopic (exact) mass is 433 g/mol. The average Bonchev–Trinajstić information content (AvgIpc) is 2.35. The van der Waals surface area contributed by atoms with Crippen molar-refractivity contribution in [3.05, 3.63) is 61.2 Å². The van der Waals surface area contributed by atoms with E-state index in [4.69, 9.17) is 0 Å². The van der Waals surface area contributed by atoms with Crippen LogP contribution in [0.2, 0.25) is 0 Å². The SMILES string of the molecule is OC(Cc1ccc(Br)cn1)c1cc(Br)ccc1Br. The van der Waals surface area contributed by atoms with E-state index in [-0.39, 0.29) is 0 Å². The Labute approximate surface area is 131 Å². The Morgan fingerprint density at radius 1 is 1.06 bits per heavy atom. The van der Waals surface area contributed by atoms with Crippen molar-refractivity contribution in [3.63, 3.8) is 0 Å². The number of rotatable bonds is 3. The number of aliphatic hydroxyl groups excluding tert-OH is 1. The molecule has 94 valence electrons. The Morgan fingerprint density at radius 2 is 1.78 bits per heavy atom. The smallest absolute Gasteiger partial charge is 0.0856 e. The molecule has 0 saturated heterocycles. The van der Waals surface area contributed by atoms with Crippen molar-refractivity contribution >= 4 is 47.8 Å². The van der Waals surface area contributed by atoms with Crippen LogP contribution in [0.25, 0.3) is 0 Å². The Morgan fingerprint density at radius 3 is 2.44 bits per heavy atom. The standard InChI is InChI=1S/C13H10Br3NO/c14-8-2-4-12(16)11(5-8)13(18)6-10-3-1-9(15)7-17-10/h1-5,7,13,18H,6H2.